The highest BCUT2D eigenvalue weighted by atomic mass is 16.5. The van der Waals surface area contributed by atoms with Crippen molar-refractivity contribution < 1.29 is 9.53 Å². The van der Waals surface area contributed by atoms with Gasteiger partial charge in [0.25, 0.3) is 0 Å². The maximum atomic E-state index is 12.0. The van der Waals surface area contributed by atoms with Gasteiger partial charge in [-0.05, 0) is 50.3 Å². The van der Waals surface area contributed by atoms with Crippen molar-refractivity contribution in [3.63, 3.8) is 0 Å². The summed E-state index contributed by atoms with van der Waals surface area (Å²) in [5.41, 5.74) is 2.12. The van der Waals surface area contributed by atoms with Crippen molar-refractivity contribution in [3.05, 3.63) is 29.8 Å². The van der Waals surface area contributed by atoms with Crippen molar-refractivity contribution >= 4 is 17.6 Å². The molecule has 2 saturated heterocycles. The lowest BCUT2D eigenvalue weighted by atomic mass is 10.1. The second-order valence-electron chi connectivity index (χ2n) is 6.88. The SMILES string of the molecule is CCNC(=NCc1ccc(N2CCCCC2=O)cc1)NCC1CCCO1. The maximum absolute atomic E-state index is 12.0. The number of carbonyl (C=O) groups is 1. The van der Waals surface area contributed by atoms with Crippen molar-refractivity contribution in [2.75, 3.05) is 31.1 Å². The Labute approximate surface area is 156 Å². The van der Waals surface area contributed by atoms with Gasteiger partial charge in [-0.15, -0.1) is 0 Å². The number of nitrogens with zero attached hydrogens (tertiary/aromatic N) is 2. The maximum Gasteiger partial charge on any atom is 0.226 e. The van der Waals surface area contributed by atoms with Crippen LogP contribution >= 0.6 is 0 Å². The molecule has 3 rings (SSSR count). The lowest BCUT2D eigenvalue weighted by Crippen LogP contribution is -2.41. The van der Waals surface area contributed by atoms with Crippen molar-refractivity contribution in [2.45, 2.75) is 51.7 Å². The van der Waals surface area contributed by atoms with Gasteiger partial charge < -0.3 is 20.3 Å². The van der Waals surface area contributed by atoms with E-state index in [0.29, 0.717) is 19.1 Å². The minimum Gasteiger partial charge on any atom is -0.376 e. The fraction of sp³-hybridized carbons (Fsp3) is 0.600. The summed E-state index contributed by atoms with van der Waals surface area (Å²) in [6.45, 7) is 5.98. The summed E-state index contributed by atoms with van der Waals surface area (Å²) in [5, 5.41) is 6.64. The summed E-state index contributed by atoms with van der Waals surface area (Å²) in [4.78, 5) is 18.6. The smallest absolute Gasteiger partial charge is 0.226 e. The Kier molecular flexibility index (Phi) is 6.89. The molecule has 2 aliphatic rings. The Morgan fingerprint density at radius 2 is 2.08 bits per heavy atom. The second-order valence-corrected chi connectivity index (χ2v) is 6.88. The lowest BCUT2D eigenvalue weighted by molar-refractivity contribution is -0.119. The van der Waals surface area contributed by atoms with Gasteiger partial charge in [0.1, 0.15) is 0 Å². The van der Waals surface area contributed by atoms with E-state index in [-0.39, 0.29) is 5.91 Å². The standard InChI is InChI=1S/C20H30N4O2/c1-2-21-20(23-15-18-6-5-13-26-18)22-14-16-8-10-17(11-9-16)24-12-4-3-7-19(24)25/h8-11,18H,2-7,12-15H2,1H3,(H2,21,22,23). The first-order chi connectivity index (χ1) is 12.8. The van der Waals surface area contributed by atoms with Crippen molar-refractivity contribution in [1.82, 2.24) is 10.6 Å². The molecule has 142 valence electrons. The normalized spacial score (nSPS) is 21.1. The highest BCUT2D eigenvalue weighted by molar-refractivity contribution is 5.93. The van der Waals surface area contributed by atoms with Crippen LogP contribution in [0.3, 0.4) is 0 Å². The van der Waals surface area contributed by atoms with E-state index < -0.39 is 0 Å². The molecule has 1 atom stereocenters. The van der Waals surface area contributed by atoms with Gasteiger partial charge in [0.05, 0.1) is 12.6 Å². The average Bonchev–Trinajstić information content (AvgIpc) is 3.19. The first kappa shape index (κ1) is 18.7. The molecule has 1 aromatic rings. The number of benzene rings is 1. The van der Waals surface area contributed by atoms with Gasteiger partial charge in [-0.3, -0.25) is 4.79 Å². The minimum atomic E-state index is 0.231. The first-order valence-corrected chi connectivity index (χ1v) is 9.79. The summed E-state index contributed by atoms with van der Waals surface area (Å²) in [7, 11) is 0. The molecule has 1 amide bonds. The largest absolute Gasteiger partial charge is 0.376 e. The monoisotopic (exact) mass is 358 g/mol. The van der Waals surface area contributed by atoms with Crippen molar-refractivity contribution in [1.29, 1.82) is 0 Å². The lowest BCUT2D eigenvalue weighted by Gasteiger charge is -2.26. The van der Waals surface area contributed by atoms with Gasteiger partial charge in [0.2, 0.25) is 5.91 Å². The number of carbonyl (C=O) groups excluding carboxylic acids is 1. The van der Waals surface area contributed by atoms with E-state index >= 15 is 0 Å². The molecule has 0 saturated carbocycles. The summed E-state index contributed by atoms with van der Waals surface area (Å²) in [6, 6.07) is 8.18. The van der Waals surface area contributed by atoms with E-state index in [2.05, 4.69) is 34.7 Å². The Bertz CT molecular complexity index is 609. The Balaban J connectivity index is 1.55. The number of guanidine groups is 1. The number of nitrogens with one attached hydrogen (secondary N) is 2. The predicted molar refractivity (Wildman–Crippen MR) is 104 cm³/mol. The fourth-order valence-corrected chi connectivity index (χ4v) is 3.39. The molecule has 0 spiro atoms. The molecule has 6 heteroatoms. The van der Waals surface area contributed by atoms with E-state index in [1.165, 1.54) is 0 Å². The molecule has 6 nitrogen and oxygen atoms in total. The summed E-state index contributed by atoms with van der Waals surface area (Å²) in [6.07, 6.45) is 5.30. The van der Waals surface area contributed by atoms with Gasteiger partial charge in [-0.25, -0.2) is 4.99 Å². The molecule has 26 heavy (non-hydrogen) atoms. The number of amides is 1. The highest BCUT2D eigenvalue weighted by Crippen LogP contribution is 2.21. The second kappa shape index (κ2) is 9.57. The third kappa shape index (κ3) is 5.21. The van der Waals surface area contributed by atoms with Crippen LogP contribution in [-0.2, 0) is 16.1 Å². The zero-order valence-electron chi connectivity index (χ0n) is 15.7. The highest BCUT2D eigenvalue weighted by Gasteiger charge is 2.19. The molecule has 0 bridgehead atoms. The molecule has 2 heterocycles. The number of hydrogen-bond donors (Lipinski definition) is 2. The van der Waals surface area contributed by atoms with Gasteiger partial charge in [0.15, 0.2) is 5.96 Å². The topological polar surface area (TPSA) is 66.0 Å². The summed E-state index contributed by atoms with van der Waals surface area (Å²) >= 11 is 0. The molecule has 2 N–H and O–H groups in total. The molecular formula is C20H30N4O2. The van der Waals surface area contributed by atoms with Crippen LogP contribution in [-0.4, -0.2) is 44.2 Å². The van der Waals surface area contributed by atoms with E-state index in [1.54, 1.807) is 0 Å². The van der Waals surface area contributed by atoms with Gasteiger partial charge in [0, 0.05) is 38.3 Å². The first-order valence-electron chi connectivity index (χ1n) is 9.79. The third-order valence-electron chi connectivity index (χ3n) is 4.86. The Morgan fingerprint density at radius 1 is 1.23 bits per heavy atom. The van der Waals surface area contributed by atoms with E-state index in [0.717, 1.165) is 69.1 Å². The number of rotatable bonds is 6. The number of hydrogen-bond acceptors (Lipinski definition) is 3. The zero-order chi connectivity index (χ0) is 18.2. The summed E-state index contributed by atoms with van der Waals surface area (Å²) < 4.78 is 5.65. The van der Waals surface area contributed by atoms with Crippen LogP contribution < -0.4 is 15.5 Å². The Hall–Kier alpha value is -2.08. The van der Waals surface area contributed by atoms with Crippen LogP contribution in [0.15, 0.2) is 29.3 Å². The number of ether oxygens (including phenoxy) is 1. The van der Waals surface area contributed by atoms with Crippen molar-refractivity contribution in [3.8, 4) is 0 Å². The predicted octanol–water partition coefficient (Wildman–Crippen LogP) is 2.44. The molecule has 1 unspecified atom stereocenters. The van der Waals surface area contributed by atoms with Gasteiger partial charge >= 0.3 is 0 Å². The summed E-state index contributed by atoms with van der Waals surface area (Å²) in [5.74, 6) is 1.05. The van der Waals surface area contributed by atoms with E-state index in [4.69, 9.17) is 4.74 Å². The molecule has 2 fully saturated rings. The molecule has 2 aliphatic heterocycles. The third-order valence-corrected chi connectivity index (χ3v) is 4.86. The number of aliphatic imine (C=N–C) groups is 1. The minimum absolute atomic E-state index is 0.231. The van der Waals surface area contributed by atoms with Crippen molar-refractivity contribution in [2.24, 2.45) is 4.99 Å². The van der Waals surface area contributed by atoms with Gasteiger partial charge in [-0.1, -0.05) is 12.1 Å². The quantitative estimate of drug-likeness (QED) is 0.605. The average molecular weight is 358 g/mol. The fourth-order valence-electron chi connectivity index (χ4n) is 3.39. The molecule has 0 radical (unpaired) electrons. The zero-order valence-corrected chi connectivity index (χ0v) is 15.7. The van der Waals surface area contributed by atoms with Crippen LogP contribution in [0.5, 0.6) is 0 Å². The molecule has 0 aromatic heterocycles. The Morgan fingerprint density at radius 3 is 2.77 bits per heavy atom. The van der Waals surface area contributed by atoms with Gasteiger partial charge in [-0.2, -0.15) is 0 Å². The van der Waals surface area contributed by atoms with E-state index in [1.807, 2.05) is 17.0 Å². The van der Waals surface area contributed by atoms with Crippen LogP contribution in [0.4, 0.5) is 5.69 Å². The van der Waals surface area contributed by atoms with Crippen LogP contribution in [0.2, 0.25) is 0 Å². The number of anilines is 1. The van der Waals surface area contributed by atoms with Crippen LogP contribution in [0.25, 0.3) is 0 Å². The number of piperidine rings is 1. The van der Waals surface area contributed by atoms with E-state index in [9.17, 15) is 4.79 Å². The molecule has 0 aliphatic carbocycles. The molecular weight excluding hydrogens is 328 g/mol. The van der Waals surface area contributed by atoms with Crippen LogP contribution in [0.1, 0.15) is 44.6 Å². The molecule has 1 aromatic carbocycles. The van der Waals surface area contributed by atoms with Crippen LogP contribution in [0, 0.1) is 0 Å².